The highest BCUT2D eigenvalue weighted by Crippen LogP contribution is 2.42. The van der Waals surface area contributed by atoms with Crippen molar-refractivity contribution in [1.29, 1.82) is 0 Å². The first kappa shape index (κ1) is 97.9. The number of unbranched alkanes of at least 4 members (excludes halogenated alkanes) is 3. The summed E-state index contributed by atoms with van der Waals surface area (Å²) in [5.41, 5.74) is 12.4. The standard InChI is InChI=1S/C88H118N19O18PS2/c1-56(108)77-87(120)97-72(86(119)99-78(57(2)109)88(121)122)54-128-127-53-71(85(118)94-69(48-59-29-31-62(110)32-30-59)83(116)95-70(49-61-50-91-66-25-12-10-22-63(61)66)84(117)93-67(81(114)98-77)26-14-15-34-89)96-82(115)68(47-58-19-5-3-6-20-58)92-74(111)28-7-4-16-40-107-80-65-24-11-13-27-73(65)106(51-60-21-8-9-23-64(60)79(80)100-101-107)76(113)33-35-90-75(112)52-104-38-17-36-103-42-41-102(43-45-104)37-18-39-105(46-44-103)55-126(123,124)125/h3,5-6,8-13,19-25,27,29-32,50,56-57,67-72,77-78,91,108-110H,4,7,14-18,26,28,33-49,51-55,89H2,1-2H3,(H,90,112)(H,92,111)(H,93,117)(H,94,118)(H,95,116)(H,96,115)(H,97,120)(H,98,114)(H,99,119)(H,121,122)(H2,123,124,125)/t56-,57-,67+,68+,69?,70+,71+,72?,77?,78+/m1/s1. The third kappa shape index (κ3) is 28.9. The number of aryl methyl sites for hydroxylation is 1. The van der Waals surface area contributed by atoms with Gasteiger partial charge in [0.15, 0.2) is 6.04 Å². The number of aromatic amines is 1. The zero-order valence-corrected chi connectivity index (χ0v) is 74.4. The fourth-order valence-electron chi connectivity index (χ4n) is 16.1. The van der Waals surface area contributed by atoms with Gasteiger partial charge in [-0.1, -0.05) is 136 Å². The van der Waals surface area contributed by atoms with Crippen molar-refractivity contribution in [3.05, 3.63) is 156 Å². The summed E-state index contributed by atoms with van der Waals surface area (Å²) in [6, 6.07) is 24.0. The van der Waals surface area contributed by atoms with E-state index in [0.29, 0.717) is 115 Å². The molecule has 0 spiro atoms. The van der Waals surface area contributed by atoms with Gasteiger partial charge in [-0.25, -0.2) is 9.48 Å². The number of hydrogen-bond donors (Lipinski definition) is 17. The summed E-state index contributed by atoms with van der Waals surface area (Å²) in [6.45, 7) is 10.4. The number of carbonyl (C=O) groups is 11. The van der Waals surface area contributed by atoms with Crippen LogP contribution >= 0.6 is 29.2 Å². The van der Waals surface area contributed by atoms with Crippen LogP contribution in [0.15, 0.2) is 134 Å². The maximum Gasteiger partial charge on any atom is 0.339 e. The van der Waals surface area contributed by atoms with Gasteiger partial charge in [0, 0.05) is 131 Å². The van der Waals surface area contributed by atoms with Gasteiger partial charge in [-0.15, -0.1) is 5.10 Å². The molecule has 690 valence electrons. The van der Waals surface area contributed by atoms with Crippen molar-refractivity contribution in [2.75, 3.05) is 108 Å². The number of nitrogens with one attached hydrogen (secondary N) is 10. The van der Waals surface area contributed by atoms with Crippen molar-refractivity contribution < 1.29 is 87.5 Å². The van der Waals surface area contributed by atoms with Gasteiger partial charge in [-0.3, -0.25) is 62.3 Å². The van der Waals surface area contributed by atoms with E-state index in [4.69, 9.17) is 10.8 Å². The number of benzene rings is 5. The first-order valence-electron chi connectivity index (χ1n) is 43.5. The lowest BCUT2D eigenvalue weighted by Crippen LogP contribution is -2.62. The van der Waals surface area contributed by atoms with E-state index in [0.717, 1.165) is 85.2 Å². The van der Waals surface area contributed by atoms with Crippen LogP contribution in [0.4, 0.5) is 5.69 Å². The molecule has 37 nitrogen and oxygen atoms in total. The number of carboxylic acids is 1. The van der Waals surface area contributed by atoms with Crippen LogP contribution in [0, 0.1) is 0 Å². The number of phenolic OH excluding ortho intramolecular Hbond substituents is 1. The Morgan fingerprint density at radius 1 is 0.625 bits per heavy atom. The van der Waals surface area contributed by atoms with Crippen LogP contribution in [-0.4, -0.2) is 298 Å². The second-order valence-corrected chi connectivity index (χ2v) is 37.0. The monoisotopic (exact) mass is 1820 g/mol. The Labute approximate surface area is 750 Å². The first-order valence-corrected chi connectivity index (χ1v) is 47.8. The number of aliphatic hydroxyl groups excluding tert-OH is 2. The molecule has 2 bridgehead atoms. The lowest BCUT2D eigenvalue weighted by Gasteiger charge is -2.35. The van der Waals surface area contributed by atoms with Gasteiger partial charge in [-0.05, 0) is 131 Å². The molecule has 2 aromatic heterocycles. The number of carboxylic acid groups (broad SMARTS) is 1. The number of phenols is 1. The number of aliphatic carboxylic acids is 1. The molecule has 4 aliphatic rings. The average Bonchev–Trinajstić information content (AvgIpc) is 1.53. The molecule has 11 rings (SSSR count). The summed E-state index contributed by atoms with van der Waals surface area (Å²) in [7, 11) is -2.45. The van der Waals surface area contributed by atoms with Gasteiger partial charge in [-0.2, -0.15) is 0 Å². The number of rotatable bonds is 31. The van der Waals surface area contributed by atoms with E-state index in [1.165, 1.54) is 31.2 Å². The van der Waals surface area contributed by atoms with Gasteiger partial charge in [0.05, 0.1) is 36.7 Å². The predicted molar refractivity (Wildman–Crippen MR) is 483 cm³/mol. The summed E-state index contributed by atoms with van der Waals surface area (Å²) in [5.74, 6) is -10.3. The van der Waals surface area contributed by atoms with Crippen LogP contribution in [0.1, 0.15) is 100 Å². The third-order valence-electron chi connectivity index (χ3n) is 23.1. The predicted octanol–water partition coefficient (Wildman–Crippen LogP) is 1.84. The quantitative estimate of drug-likeness (QED) is 0.0167. The van der Waals surface area contributed by atoms with Crippen LogP contribution in [0.2, 0.25) is 0 Å². The van der Waals surface area contributed by atoms with Crippen LogP contribution in [-0.2, 0) is 89.7 Å². The Kier molecular flexibility index (Phi) is 36.8. The molecule has 0 saturated carbocycles. The van der Waals surface area contributed by atoms with Crippen LogP contribution in [0.25, 0.3) is 33.4 Å². The average molecular weight is 1830 g/mol. The number of anilines is 1. The zero-order valence-electron chi connectivity index (χ0n) is 71.9. The molecule has 5 aromatic carbocycles. The SMILES string of the molecule is C[C@@H](O)C1NC(=O)[C@H](CCCCN)NC(=O)[C@H](Cc2c[nH]c3ccccc23)NC(=O)C(Cc2ccc(O)cc2)NC(=O)[C@@H](NC(=O)[C@H](Cc2ccccc2)NC(=O)CCCCCn2nnc3c2-c2ccccc2N(C(=O)CCNC(=O)CN2CCCN4CCN(CCCN(CP(=O)(O)O)CC4)CC2)Cc2ccccc2-3)CSSCC(C(=O)N[C@H](C(=O)O)[C@@H](C)O)NC1=O. The number of hydrogen-bond acceptors (Lipinski definition) is 24. The Morgan fingerprint density at radius 2 is 1.27 bits per heavy atom. The largest absolute Gasteiger partial charge is 0.508 e. The van der Waals surface area contributed by atoms with E-state index in [9.17, 15) is 68.3 Å². The van der Waals surface area contributed by atoms with Crippen molar-refractivity contribution in [1.82, 2.24) is 87.4 Å². The number of aromatic nitrogens is 4. The molecule has 3 fully saturated rings. The van der Waals surface area contributed by atoms with E-state index in [1.54, 1.807) is 70.4 Å². The Morgan fingerprint density at radius 3 is 1.98 bits per heavy atom. The van der Waals surface area contributed by atoms with E-state index < -0.39 is 127 Å². The third-order valence-corrected chi connectivity index (χ3v) is 26.2. The molecule has 40 heteroatoms. The van der Waals surface area contributed by atoms with Crippen molar-refractivity contribution in [3.8, 4) is 28.3 Å². The van der Waals surface area contributed by atoms with E-state index in [2.05, 4.69) is 72.7 Å². The first-order chi connectivity index (χ1) is 61.5. The van der Waals surface area contributed by atoms with E-state index in [-0.39, 0.29) is 101 Å². The Balaban J connectivity index is 0.793. The number of aromatic hydroxyl groups is 1. The molecule has 6 heterocycles. The van der Waals surface area contributed by atoms with Gasteiger partial charge in [0.25, 0.3) is 0 Å². The Bertz CT molecular complexity index is 5010. The molecule has 3 saturated heterocycles. The van der Waals surface area contributed by atoms with Gasteiger partial charge in [0.1, 0.15) is 60.0 Å². The van der Waals surface area contributed by atoms with Gasteiger partial charge in [0.2, 0.25) is 59.1 Å². The molecule has 12 atom stereocenters. The van der Waals surface area contributed by atoms with Gasteiger partial charge >= 0.3 is 13.6 Å². The molecule has 5 unspecified atom stereocenters. The highest BCUT2D eigenvalue weighted by Gasteiger charge is 2.39. The lowest BCUT2D eigenvalue weighted by molar-refractivity contribution is -0.145. The molecule has 0 radical (unpaired) electrons. The molecule has 128 heavy (non-hydrogen) atoms. The molecule has 0 aliphatic carbocycles. The summed E-state index contributed by atoms with van der Waals surface area (Å²) in [6.07, 6.45) is 0.881. The number of para-hydroxylation sites is 2. The molecular formula is C88H118N19O18PS2. The summed E-state index contributed by atoms with van der Waals surface area (Å²) < 4.78 is 13.7. The highest BCUT2D eigenvalue weighted by atomic mass is 33.1. The van der Waals surface area contributed by atoms with E-state index >= 15 is 19.2 Å². The number of H-pyrrole nitrogens is 1. The number of nitrogens with zero attached hydrogens (tertiary/aromatic N) is 8. The number of aliphatic hydroxyl groups is 2. The number of nitrogens with two attached hydrogens (primary N) is 1. The van der Waals surface area contributed by atoms with Crippen LogP contribution in [0.3, 0.4) is 0 Å². The number of fused-ring (bicyclic) bond motifs is 9. The number of carbonyl (C=O) groups excluding carboxylic acids is 10. The van der Waals surface area contributed by atoms with Gasteiger partial charge < -0.3 is 103 Å². The highest BCUT2D eigenvalue weighted by molar-refractivity contribution is 8.76. The molecule has 7 aromatic rings. The Hall–Kier alpha value is -10.7. The van der Waals surface area contributed by atoms with E-state index in [1.807, 2.05) is 53.4 Å². The van der Waals surface area contributed by atoms with Crippen molar-refractivity contribution in [3.63, 3.8) is 0 Å². The smallest absolute Gasteiger partial charge is 0.339 e. The molecule has 4 aliphatic heterocycles. The minimum atomic E-state index is -4.21. The minimum absolute atomic E-state index is 0.000375. The summed E-state index contributed by atoms with van der Waals surface area (Å²) in [5, 5.41) is 76.5. The van der Waals surface area contributed by atoms with Crippen molar-refractivity contribution in [2.45, 2.75) is 171 Å². The maximum atomic E-state index is 15.4. The van der Waals surface area contributed by atoms with Crippen LogP contribution in [0.5, 0.6) is 5.75 Å². The fraction of sp³-hybridized carbons (Fsp3) is 0.489. The maximum absolute atomic E-state index is 15.4. The zero-order chi connectivity index (χ0) is 91.4. The molecule has 18 N–H and O–H groups in total. The molecular weight excluding hydrogens is 1710 g/mol. The summed E-state index contributed by atoms with van der Waals surface area (Å²) in [4.78, 5) is 193. The normalized spacial score (nSPS) is 21.5. The lowest BCUT2D eigenvalue weighted by atomic mass is 9.95. The second kappa shape index (κ2) is 48.1. The van der Waals surface area contributed by atoms with Crippen molar-refractivity contribution >= 4 is 111 Å². The minimum Gasteiger partial charge on any atom is -0.508 e. The second-order valence-electron chi connectivity index (χ2n) is 32.9. The topological polar surface area (TPSA) is 523 Å². The van der Waals surface area contributed by atoms with Crippen molar-refractivity contribution in [2.24, 2.45) is 5.73 Å². The fourth-order valence-corrected chi connectivity index (χ4v) is 19.2. The molecule has 10 amide bonds. The number of amides is 10. The summed E-state index contributed by atoms with van der Waals surface area (Å²) >= 11 is 0. The van der Waals surface area contributed by atoms with Crippen LogP contribution < -0.4 is 58.5 Å².